The van der Waals surface area contributed by atoms with Crippen LogP contribution in [0.3, 0.4) is 0 Å². The third-order valence-electron chi connectivity index (χ3n) is 4.97. The highest BCUT2D eigenvalue weighted by molar-refractivity contribution is 4.89. The molecule has 1 aliphatic carbocycles. The first-order chi connectivity index (χ1) is 8.60. The summed E-state index contributed by atoms with van der Waals surface area (Å²) in [4.78, 5) is 2.61. The summed E-state index contributed by atoms with van der Waals surface area (Å²) in [5.74, 6) is 3.03. The molecule has 106 valence electrons. The SMILES string of the molecule is COCC1CCN(CC2C(C)CC(C)CC2N)C1. The van der Waals surface area contributed by atoms with E-state index in [1.54, 1.807) is 0 Å². The van der Waals surface area contributed by atoms with Crippen LogP contribution >= 0.6 is 0 Å². The van der Waals surface area contributed by atoms with E-state index in [0.29, 0.717) is 12.0 Å². The number of nitrogens with zero attached hydrogens (tertiary/aromatic N) is 1. The molecule has 3 nitrogen and oxygen atoms in total. The van der Waals surface area contributed by atoms with Crippen LogP contribution in [0.2, 0.25) is 0 Å². The quantitative estimate of drug-likeness (QED) is 0.833. The van der Waals surface area contributed by atoms with Gasteiger partial charge in [-0.3, -0.25) is 0 Å². The highest BCUT2D eigenvalue weighted by Gasteiger charge is 2.34. The van der Waals surface area contributed by atoms with Crippen molar-refractivity contribution in [3.05, 3.63) is 0 Å². The number of likely N-dealkylation sites (tertiary alicyclic amines) is 1. The van der Waals surface area contributed by atoms with Crippen molar-refractivity contribution < 1.29 is 4.74 Å². The first kappa shape index (κ1) is 14.3. The van der Waals surface area contributed by atoms with E-state index in [-0.39, 0.29) is 0 Å². The van der Waals surface area contributed by atoms with Gasteiger partial charge in [0, 0.05) is 26.2 Å². The zero-order chi connectivity index (χ0) is 13.1. The van der Waals surface area contributed by atoms with Crippen molar-refractivity contribution >= 4 is 0 Å². The predicted molar refractivity (Wildman–Crippen MR) is 75.5 cm³/mol. The molecule has 2 rings (SSSR count). The fourth-order valence-corrected chi connectivity index (χ4v) is 4.03. The molecule has 18 heavy (non-hydrogen) atoms. The second-order valence-corrected chi connectivity index (χ2v) is 6.75. The molecule has 2 aliphatic rings. The van der Waals surface area contributed by atoms with Gasteiger partial charge in [-0.25, -0.2) is 0 Å². The van der Waals surface area contributed by atoms with Crippen LogP contribution < -0.4 is 5.73 Å². The third kappa shape index (κ3) is 3.46. The lowest BCUT2D eigenvalue weighted by molar-refractivity contribution is 0.119. The Labute approximate surface area is 112 Å². The molecule has 1 saturated heterocycles. The molecule has 2 N–H and O–H groups in total. The van der Waals surface area contributed by atoms with Crippen LogP contribution in [-0.2, 0) is 4.74 Å². The van der Waals surface area contributed by atoms with Gasteiger partial charge in [0.2, 0.25) is 0 Å². The summed E-state index contributed by atoms with van der Waals surface area (Å²) in [6, 6.07) is 0.408. The minimum Gasteiger partial charge on any atom is -0.384 e. The Bertz CT molecular complexity index is 247. The standard InChI is InChI=1S/C15H30N2O/c1-11-6-12(2)14(15(16)7-11)9-17-5-4-13(8-17)10-18-3/h11-15H,4-10,16H2,1-3H3. The lowest BCUT2D eigenvalue weighted by Gasteiger charge is -2.39. The Morgan fingerprint density at radius 3 is 2.72 bits per heavy atom. The van der Waals surface area contributed by atoms with Crippen LogP contribution in [0, 0.1) is 23.7 Å². The van der Waals surface area contributed by atoms with Crippen molar-refractivity contribution in [3.63, 3.8) is 0 Å². The van der Waals surface area contributed by atoms with Crippen LogP contribution in [0.1, 0.15) is 33.1 Å². The van der Waals surface area contributed by atoms with E-state index >= 15 is 0 Å². The third-order valence-corrected chi connectivity index (χ3v) is 4.97. The topological polar surface area (TPSA) is 38.5 Å². The zero-order valence-corrected chi connectivity index (χ0v) is 12.3. The maximum atomic E-state index is 6.38. The Morgan fingerprint density at radius 2 is 2.06 bits per heavy atom. The summed E-state index contributed by atoms with van der Waals surface area (Å²) < 4.78 is 5.27. The van der Waals surface area contributed by atoms with E-state index in [0.717, 1.165) is 24.4 Å². The minimum absolute atomic E-state index is 0.408. The molecular weight excluding hydrogens is 224 g/mol. The molecule has 5 unspecified atom stereocenters. The lowest BCUT2D eigenvalue weighted by atomic mass is 9.72. The normalized spacial score (nSPS) is 42.3. The molecule has 3 heteroatoms. The van der Waals surface area contributed by atoms with Gasteiger partial charge in [0.15, 0.2) is 0 Å². The van der Waals surface area contributed by atoms with Gasteiger partial charge in [0.25, 0.3) is 0 Å². The number of nitrogens with two attached hydrogens (primary N) is 1. The van der Waals surface area contributed by atoms with Gasteiger partial charge < -0.3 is 15.4 Å². The van der Waals surface area contributed by atoms with Gasteiger partial charge in [-0.1, -0.05) is 13.8 Å². The zero-order valence-electron chi connectivity index (χ0n) is 12.3. The van der Waals surface area contributed by atoms with Crippen LogP contribution in [0.4, 0.5) is 0 Å². The molecule has 1 aliphatic heterocycles. The molecule has 0 bridgehead atoms. The second-order valence-electron chi connectivity index (χ2n) is 6.75. The smallest absolute Gasteiger partial charge is 0.0503 e. The van der Waals surface area contributed by atoms with Crippen LogP contribution in [-0.4, -0.2) is 44.3 Å². The molecule has 0 spiro atoms. The van der Waals surface area contributed by atoms with Crippen LogP contribution in [0.15, 0.2) is 0 Å². The fraction of sp³-hybridized carbons (Fsp3) is 1.00. The van der Waals surface area contributed by atoms with Crippen molar-refractivity contribution in [3.8, 4) is 0 Å². The van der Waals surface area contributed by atoms with Gasteiger partial charge in [0.05, 0.1) is 6.61 Å². The van der Waals surface area contributed by atoms with E-state index in [1.807, 2.05) is 7.11 Å². The van der Waals surface area contributed by atoms with Crippen molar-refractivity contribution in [2.45, 2.75) is 39.2 Å². The maximum absolute atomic E-state index is 6.38. The number of rotatable bonds is 4. The van der Waals surface area contributed by atoms with Gasteiger partial charge in [-0.15, -0.1) is 0 Å². The van der Waals surface area contributed by atoms with E-state index < -0.39 is 0 Å². The number of hydrogen-bond donors (Lipinski definition) is 1. The molecule has 0 aromatic carbocycles. The molecule has 1 saturated carbocycles. The number of hydrogen-bond acceptors (Lipinski definition) is 3. The fourth-order valence-electron chi connectivity index (χ4n) is 4.03. The van der Waals surface area contributed by atoms with Crippen molar-refractivity contribution in [1.82, 2.24) is 4.90 Å². The Balaban J connectivity index is 1.82. The molecule has 5 atom stereocenters. The highest BCUT2D eigenvalue weighted by atomic mass is 16.5. The van der Waals surface area contributed by atoms with Crippen LogP contribution in [0.25, 0.3) is 0 Å². The molecule has 0 aromatic rings. The van der Waals surface area contributed by atoms with E-state index in [2.05, 4.69) is 18.7 Å². The van der Waals surface area contributed by atoms with E-state index in [9.17, 15) is 0 Å². The molecule has 1 heterocycles. The average molecular weight is 254 g/mol. The van der Waals surface area contributed by atoms with Gasteiger partial charge in [0.1, 0.15) is 0 Å². The first-order valence-electron chi connectivity index (χ1n) is 7.57. The first-order valence-corrected chi connectivity index (χ1v) is 7.57. The Kier molecular flexibility index (Phi) is 5.05. The summed E-state index contributed by atoms with van der Waals surface area (Å²) in [5, 5.41) is 0. The minimum atomic E-state index is 0.408. The summed E-state index contributed by atoms with van der Waals surface area (Å²) in [6.07, 6.45) is 3.86. The maximum Gasteiger partial charge on any atom is 0.0503 e. The molecule has 2 fully saturated rings. The van der Waals surface area contributed by atoms with E-state index in [1.165, 1.54) is 38.9 Å². The summed E-state index contributed by atoms with van der Waals surface area (Å²) in [6.45, 7) is 9.30. The summed E-state index contributed by atoms with van der Waals surface area (Å²) >= 11 is 0. The van der Waals surface area contributed by atoms with E-state index in [4.69, 9.17) is 10.5 Å². The Hall–Kier alpha value is -0.120. The summed E-state index contributed by atoms with van der Waals surface area (Å²) in [5.41, 5.74) is 6.38. The second kappa shape index (κ2) is 6.36. The Morgan fingerprint density at radius 1 is 1.28 bits per heavy atom. The largest absolute Gasteiger partial charge is 0.384 e. The number of ether oxygens (including phenoxy) is 1. The highest BCUT2D eigenvalue weighted by Crippen LogP contribution is 2.34. The van der Waals surface area contributed by atoms with Crippen molar-refractivity contribution in [2.75, 3.05) is 33.4 Å². The molecule has 0 radical (unpaired) electrons. The van der Waals surface area contributed by atoms with Crippen molar-refractivity contribution in [1.29, 1.82) is 0 Å². The molecular formula is C15H30N2O. The van der Waals surface area contributed by atoms with Gasteiger partial charge >= 0.3 is 0 Å². The lowest BCUT2D eigenvalue weighted by Crippen LogP contribution is -2.46. The molecule has 0 aromatic heterocycles. The predicted octanol–water partition coefficient (Wildman–Crippen LogP) is 1.96. The average Bonchev–Trinajstić information content (AvgIpc) is 2.72. The molecule has 0 amide bonds. The van der Waals surface area contributed by atoms with Crippen LogP contribution in [0.5, 0.6) is 0 Å². The van der Waals surface area contributed by atoms with Gasteiger partial charge in [-0.2, -0.15) is 0 Å². The van der Waals surface area contributed by atoms with Crippen molar-refractivity contribution in [2.24, 2.45) is 29.4 Å². The number of methoxy groups -OCH3 is 1. The van der Waals surface area contributed by atoms with Gasteiger partial charge in [-0.05, 0) is 49.5 Å². The monoisotopic (exact) mass is 254 g/mol. The summed E-state index contributed by atoms with van der Waals surface area (Å²) in [7, 11) is 1.81.